The van der Waals surface area contributed by atoms with Crippen LogP contribution in [0.3, 0.4) is 0 Å². The number of hydrogen-bond donors (Lipinski definition) is 2. The van der Waals surface area contributed by atoms with Crippen molar-refractivity contribution in [1.29, 1.82) is 0 Å². The van der Waals surface area contributed by atoms with Crippen LogP contribution < -0.4 is 10.7 Å². The average molecular weight is 386 g/mol. The predicted molar refractivity (Wildman–Crippen MR) is 106 cm³/mol. The van der Waals surface area contributed by atoms with Gasteiger partial charge in [-0.05, 0) is 18.6 Å². The first kappa shape index (κ1) is 18.1. The zero-order valence-electron chi connectivity index (χ0n) is 14.0. The summed E-state index contributed by atoms with van der Waals surface area (Å²) in [5, 5.41) is 7.67. The molecule has 26 heavy (non-hydrogen) atoms. The number of fused-ring (bicyclic) bond motifs is 1. The molecule has 2 amide bonds. The molecule has 0 radical (unpaired) electrons. The van der Waals surface area contributed by atoms with Crippen molar-refractivity contribution in [2.45, 2.75) is 6.92 Å². The second-order valence-corrected chi connectivity index (χ2v) is 7.06. The normalized spacial score (nSPS) is 11.0. The van der Waals surface area contributed by atoms with Crippen LogP contribution >= 0.6 is 22.9 Å². The zero-order valence-corrected chi connectivity index (χ0v) is 15.5. The summed E-state index contributed by atoms with van der Waals surface area (Å²) in [6, 6.07) is 15.2. The van der Waals surface area contributed by atoms with Crippen LogP contribution in [0.1, 0.15) is 20.8 Å². The molecule has 132 valence electrons. The number of halogens is 1. The lowest BCUT2D eigenvalue weighted by Crippen LogP contribution is -2.34. The average Bonchev–Trinajstić information content (AvgIpc) is 2.98. The lowest BCUT2D eigenvalue weighted by atomic mass is 10.2. The Balaban J connectivity index is 1.54. The number of carbonyl (C=O) groups is 2. The largest absolute Gasteiger partial charge is 0.342 e. The molecule has 1 aromatic heterocycles. The van der Waals surface area contributed by atoms with E-state index >= 15 is 0 Å². The molecule has 0 bridgehead atoms. The molecular weight excluding hydrogens is 370 g/mol. The first-order valence-corrected chi connectivity index (χ1v) is 9.08. The smallest absolute Gasteiger partial charge is 0.263 e. The van der Waals surface area contributed by atoms with Gasteiger partial charge in [0.05, 0.1) is 17.8 Å². The fourth-order valence-corrected chi connectivity index (χ4v) is 3.71. The molecule has 5 nitrogen and oxygen atoms in total. The van der Waals surface area contributed by atoms with Crippen LogP contribution in [-0.4, -0.2) is 24.6 Å². The van der Waals surface area contributed by atoms with Crippen molar-refractivity contribution in [3.63, 3.8) is 0 Å². The van der Waals surface area contributed by atoms with Crippen molar-refractivity contribution in [1.82, 2.24) is 10.7 Å². The number of hydrazone groups is 1. The molecular formula is C19H16ClN3O2S. The van der Waals surface area contributed by atoms with Gasteiger partial charge in [-0.2, -0.15) is 5.10 Å². The van der Waals surface area contributed by atoms with Crippen molar-refractivity contribution in [2.75, 3.05) is 6.54 Å². The minimum Gasteiger partial charge on any atom is -0.342 e. The Hall–Kier alpha value is -2.70. The molecule has 7 heteroatoms. The van der Waals surface area contributed by atoms with E-state index in [2.05, 4.69) is 15.8 Å². The molecule has 0 saturated heterocycles. The Labute approximate surface area is 159 Å². The second-order valence-electron chi connectivity index (χ2n) is 5.63. The number of nitrogens with zero attached hydrogens (tertiary/aromatic N) is 1. The molecule has 0 aliphatic rings. The third kappa shape index (κ3) is 4.28. The van der Waals surface area contributed by atoms with E-state index in [4.69, 9.17) is 11.6 Å². The van der Waals surface area contributed by atoms with Crippen molar-refractivity contribution in [2.24, 2.45) is 5.10 Å². The summed E-state index contributed by atoms with van der Waals surface area (Å²) >= 11 is 7.55. The first-order valence-electron chi connectivity index (χ1n) is 7.88. The Bertz CT molecular complexity index is 980. The van der Waals surface area contributed by atoms with Crippen LogP contribution in [0.25, 0.3) is 10.1 Å². The number of nitrogens with one attached hydrogen (secondary N) is 2. The van der Waals surface area contributed by atoms with Gasteiger partial charge in [0.25, 0.3) is 11.8 Å². The van der Waals surface area contributed by atoms with E-state index in [-0.39, 0.29) is 12.5 Å². The van der Waals surface area contributed by atoms with Gasteiger partial charge in [-0.15, -0.1) is 11.3 Å². The van der Waals surface area contributed by atoms with Crippen molar-refractivity contribution in [3.05, 3.63) is 69.6 Å². The summed E-state index contributed by atoms with van der Waals surface area (Å²) in [6.45, 7) is 1.81. The number of thiophene rings is 1. The highest BCUT2D eigenvalue weighted by atomic mass is 35.5. The highest BCUT2D eigenvalue weighted by molar-refractivity contribution is 7.21. The Morgan fingerprint density at radius 3 is 2.62 bits per heavy atom. The van der Waals surface area contributed by atoms with Gasteiger partial charge in [0.15, 0.2) is 0 Å². The number of aryl methyl sites for hydroxylation is 1. The maximum absolute atomic E-state index is 12.3. The van der Waals surface area contributed by atoms with E-state index in [0.717, 1.165) is 21.2 Å². The highest BCUT2D eigenvalue weighted by Gasteiger charge is 2.17. The Morgan fingerprint density at radius 2 is 1.88 bits per heavy atom. The molecule has 0 fully saturated rings. The van der Waals surface area contributed by atoms with E-state index in [1.807, 2.05) is 55.5 Å². The summed E-state index contributed by atoms with van der Waals surface area (Å²) in [4.78, 5) is 24.5. The van der Waals surface area contributed by atoms with Gasteiger partial charge in [-0.3, -0.25) is 9.59 Å². The monoisotopic (exact) mass is 385 g/mol. The van der Waals surface area contributed by atoms with Crippen LogP contribution in [-0.2, 0) is 4.79 Å². The molecule has 0 saturated carbocycles. The van der Waals surface area contributed by atoms with Gasteiger partial charge in [0, 0.05) is 10.1 Å². The molecule has 2 aromatic carbocycles. The van der Waals surface area contributed by atoms with E-state index in [0.29, 0.717) is 9.90 Å². The Morgan fingerprint density at radius 1 is 1.15 bits per heavy atom. The van der Waals surface area contributed by atoms with E-state index < -0.39 is 5.91 Å². The van der Waals surface area contributed by atoms with Gasteiger partial charge in [-0.25, -0.2) is 5.43 Å². The van der Waals surface area contributed by atoms with Crippen LogP contribution in [0.5, 0.6) is 0 Å². The quantitative estimate of drug-likeness (QED) is 0.518. The van der Waals surface area contributed by atoms with Crippen molar-refractivity contribution in [3.8, 4) is 0 Å². The van der Waals surface area contributed by atoms with E-state index in [1.165, 1.54) is 11.3 Å². The molecule has 0 spiro atoms. The molecule has 0 aliphatic heterocycles. The van der Waals surface area contributed by atoms with Crippen LogP contribution in [0.15, 0.2) is 53.6 Å². The molecule has 3 rings (SSSR count). The number of rotatable bonds is 5. The summed E-state index contributed by atoms with van der Waals surface area (Å²) < 4.78 is 0.926. The fraction of sp³-hybridized carbons (Fsp3) is 0.105. The SMILES string of the molecule is Cc1ccc(/C=N\NC(=O)CNC(=O)c2sc3ccccc3c2Cl)cc1. The minimum absolute atomic E-state index is 0.186. The number of benzene rings is 2. The third-order valence-electron chi connectivity index (χ3n) is 3.63. The van der Waals surface area contributed by atoms with Gasteiger partial charge >= 0.3 is 0 Å². The zero-order chi connectivity index (χ0) is 18.5. The maximum Gasteiger partial charge on any atom is 0.263 e. The summed E-state index contributed by atoms with van der Waals surface area (Å²) in [7, 11) is 0. The predicted octanol–water partition coefficient (Wildman–Crippen LogP) is 3.74. The fourth-order valence-electron chi connectivity index (χ4n) is 2.27. The van der Waals surface area contributed by atoms with Crippen LogP contribution in [0.4, 0.5) is 0 Å². The topological polar surface area (TPSA) is 70.6 Å². The van der Waals surface area contributed by atoms with E-state index in [1.54, 1.807) is 6.21 Å². The van der Waals surface area contributed by atoms with Gasteiger partial charge in [0.2, 0.25) is 0 Å². The standard InChI is InChI=1S/C19H16ClN3O2S/c1-12-6-8-13(9-7-12)10-22-23-16(24)11-21-19(25)18-17(20)14-4-2-3-5-15(14)26-18/h2-10H,11H2,1H3,(H,21,25)(H,23,24)/b22-10-. The van der Waals surface area contributed by atoms with E-state index in [9.17, 15) is 9.59 Å². The first-order chi connectivity index (χ1) is 12.5. The molecule has 1 heterocycles. The molecule has 3 aromatic rings. The van der Waals surface area contributed by atoms with Crippen LogP contribution in [0.2, 0.25) is 5.02 Å². The summed E-state index contributed by atoms with van der Waals surface area (Å²) in [5.74, 6) is -0.798. The summed E-state index contributed by atoms with van der Waals surface area (Å²) in [6.07, 6.45) is 1.54. The highest BCUT2D eigenvalue weighted by Crippen LogP contribution is 2.34. The van der Waals surface area contributed by atoms with Gasteiger partial charge < -0.3 is 5.32 Å². The van der Waals surface area contributed by atoms with Crippen LogP contribution in [0, 0.1) is 6.92 Å². The number of amides is 2. The summed E-state index contributed by atoms with van der Waals surface area (Å²) in [5.41, 5.74) is 4.40. The lowest BCUT2D eigenvalue weighted by Gasteiger charge is -2.03. The van der Waals surface area contributed by atoms with Gasteiger partial charge in [-0.1, -0.05) is 59.6 Å². The van der Waals surface area contributed by atoms with Gasteiger partial charge in [0.1, 0.15) is 4.88 Å². The molecule has 0 atom stereocenters. The lowest BCUT2D eigenvalue weighted by molar-refractivity contribution is -0.120. The molecule has 2 N–H and O–H groups in total. The minimum atomic E-state index is -0.418. The molecule has 0 unspecified atom stereocenters. The number of carbonyl (C=O) groups excluding carboxylic acids is 2. The second kappa shape index (κ2) is 8.12. The Kier molecular flexibility index (Phi) is 5.65. The maximum atomic E-state index is 12.3. The number of hydrogen-bond acceptors (Lipinski definition) is 4. The third-order valence-corrected chi connectivity index (χ3v) is 5.31. The molecule has 0 aliphatic carbocycles. The van der Waals surface area contributed by atoms with Crippen molar-refractivity contribution < 1.29 is 9.59 Å². The van der Waals surface area contributed by atoms with Crippen molar-refractivity contribution >= 4 is 51.1 Å².